The lowest BCUT2D eigenvalue weighted by Gasteiger charge is -2.09. The van der Waals surface area contributed by atoms with Gasteiger partial charge in [-0.15, -0.1) is 9.93 Å². The Kier molecular flexibility index (Phi) is 6.63. The van der Waals surface area contributed by atoms with Crippen molar-refractivity contribution in [3.05, 3.63) is 100 Å². The standard InChI is InChI=1S/C22H17F3N6O4S/c23-22(24,25)15-5-4-6-17(13-15)31-21(33)27-20(29-31)26-16-11-9-14(10-12-16)19(32)28-30-36(34,35)18-7-2-1-3-8-18/h1-13,30H,(H,28,32)(H2,26,27,29,33). The van der Waals surface area contributed by atoms with E-state index < -0.39 is 33.4 Å². The zero-order chi connectivity index (χ0) is 25.9. The molecule has 3 aromatic carbocycles. The van der Waals surface area contributed by atoms with Gasteiger partial charge in [0.15, 0.2) is 0 Å². The fraction of sp³-hybridized carbons (Fsp3) is 0.0455. The molecule has 10 nitrogen and oxygen atoms in total. The highest BCUT2D eigenvalue weighted by Crippen LogP contribution is 2.30. The van der Waals surface area contributed by atoms with E-state index in [1.54, 1.807) is 6.07 Å². The maximum Gasteiger partial charge on any atom is 0.416 e. The summed E-state index contributed by atoms with van der Waals surface area (Å²) in [7, 11) is -3.95. The van der Waals surface area contributed by atoms with Gasteiger partial charge in [0.25, 0.3) is 15.9 Å². The van der Waals surface area contributed by atoms with E-state index in [4.69, 9.17) is 0 Å². The maximum atomic E-state index is 13.0. The lowest BCUT2D eigenvalue weighted by molar-refractivity contribution is -0.137. The van der Waals surface area contributed by atoms with Crippen molar-refractivity contribution in [2.75, 3.05) is 5.32 Å². The minimum Gasteiger partial charge on any atom is -0.324 e. The Morgan fingerprint density at radius 3 is 2.31 bits per heavy atom. The minimum atomic E-state index is -4.58. The number of sulfonamides is 1. The van der Waals surface area contributed by atoms with Crippen LogP contribution in [-0.2, 0) is 16.2 Å². The number of hydrogen-bond acceptors (Lipinski definition) is 6. The van der Waals surface area contributed by atoms with Gasteiger partial charge in [-0.25, -0.2) is 13.2 Å². The van der Waals surface area contributed by atoms with E-state index in [-0.39, 0.29) is 22.1 Å². The normalized spacial score (nSPS) is 11.8. The second kappa shape index (κ2) is 9.67. The highest BCUT2D eigenvalue weighted by atomic mass is 32.2. The van der Waals surface area contributed by atoms with E-state index in [1.807, 2.05) is 4.83 Å². The third-order valence-corrected chi connectivity index (χ3v) is 6.06. The summed E-state index contributed by atoms with van der Waals surface area (Å²) in [6.45, 7) is 0. The van der Waals surface area contributed by atoms with Gasteiger partial charge in [-0.2, -0.15) is 17.9 Å². The number of halogens is 3. The third-order valence-electron chi connectivity index (χ3n) is 4.80. The second-order valence-electron chi connectivity index (χ2n) is 7.31. The van der Waals surface area contributed by atoms with Crippen LogP contribution in [0.15, 0.2) is 88.6 Å². The summed E-state index contributed by atoms with van der Waals surface area (Å²) in [4.78, 5) is 28.9. The number of nitrogens with zero attached hydrogens (tertiary/aromatic N) is 2. The molecule has 14 heteroatoms. The van der Waals surface area contributed by atoms with Gasteiger partial charge in [0.2, 0.25) is 5.95 Å². The molecule has 0 fully saturated rings. The SMILES string of the molecule is O=C(NNS(=O)(=O)c1ccccc1)c1ccc(Nc2nn(-c3cccc(C(F)(F)F)c3)c(=O)[nH]2)cc1. The van der Waals surface area contributed by atoms with Gasteiger partial charge in [-0.1, -0.05) is 24.3 Å². The number of benzene rings is 3. The maximum absolute atomic E-state index is 13.0. The molecule has 1 aromatic heterocycles. The van der Waals surface area contributed by atoms with Crippen LogP contribution in [-0.4, -0.2) is 29.1 Å². The molecule has 0 bridgehead atoms. The average Bonchev–Trinajstić information content (AvgIpc) is 3.23. The summed E-state index contributed by atoms with van der Waals surface area (Å²) in [6.07, 6.45) is -4.58. The Bertz CT molecular complexity index is 1550. The van der Waals surface area contributed by atoms with Gasteiger partial charge in [0.1, 0.15) is 0 Å². The molecular formula is C22H17F3N6O4S. The number of alkyl halides is 3. The van der Waals surface area contributed by atoms with E-state index in [1.165, 1.54) is 54.6 Å². The molecule has 0 aliphatic heterocycles. The third kappa shape index (κ3) is 5.61. The molecule has 36 heavy (non-hydrogen) atoms. The predicted molar refractivity (Wildman–Crippen MR) is 123 cm³/mol. The zero-order valence-electron chi connectivity index (χ0n) is 18.1. The van der Waals surface area contributed by atoms with Crippen LogP contribution in [0.25, 0.3) is 5.69 Å². The average molecular weight is 518 g/mol. The van der Waals surface area contributed by atoms with Crippen LogP contribution in [0.3, 0.4) is 0 Å². The molecule has 0 aliphatic rings. The smallest absolute Gasteiger partial charge is 0.324 e. The molecule has 4 N–H and O–H groups in total. The van der Waals surface area contributed by atoms with Crippen LogP contribution in [0.4, 0.5) is 24.8 Å². The van der Waals surface area contributed by atoms with E-state index in [9.17, 15) is 31.2 Å². The molecule has 4 rings (SSSR count). The van der Waals surface area contributed by atoms with Crippen molar-refractivity contribution < 1.29 is 26.4 Å². The van der Waals surface area contributed by atoms with Crippen LogP contribution in [0, 0.1) is 0 Å². The van der Waals surface area contributed by atoms with E-state index in [2.05, 4.69) is 20.8 Å². The largest absolute Gasteiger partial charge is 0.416 e. The first kappa shape index (κ1) is 24.7. The number of aromatic nitrogens is 3. The van der Waals surface area contributed by atoms with Crippen LogP contribution >= 0.6 is 0 Å². The van der Waals surface area contributed by atoms with Crippen LogP contribution in [0.1, 0.15) is 15.9 Å². The molecule has 186 valence electrons. The summed E-state index contributed by atoms with van der Waals surface area (Å²) in [6, 6.07) is 17.3. The van der Waals surface area contributed by atoms with Gasteiger partial charge >= 0.3 is 11.9 Å². The summed E-state index contributed by atoms with van der Waals surface area (Å²) < 4.78 is 64.0. The highest BCUT2D eigenvalue weighted by molar-refractivity contribution is 7.89. The van der Waals surface area contributed by atoms with Crippen molar-refractivity contribution in [1.82, 2.24) is 25.0 Å². The molecule has 4 aromatic rings. The first-order valence-electron chi connectivity index (χ1n) is 10.1. The second-order valence-corrected chi connectivity index (χ2v) is 9.00. The first-order valence-corrected chi connectivity index (χ1v) is 11.6. The lowest BCUT2D eigenvalue weighted by atomic mass is 10.2. The van der Waals surface area contributed by atoms with Crippen molar-refractivity contribution in [3.8, 4) is 5.69 Å². The number of amides is 1. The predicted octanol–water partition coefficient (Wildman–Crippen LogP) is 2.95. The quantitative estimate of drug-likeness (QED) is 0.278. The summed E-state index contributed by atoms with van der Waals surface area (Å²) in [5.74, 6) is -0.770. The number of carbonyl (C=O) groups is 1. The summed E-state index contributed by atoms with van der Waals surface area (Å²) >= 11 is 0. The Hall–Kier alpha value is -4.43. The van der Waals surface area contributed by atoms with Crippen molar-refractivity contribution in [1.29, 1.82) is 0 Å². The van der Waals surface area contributed by atoms with Crippen molar-refractivity contribution in [2.45, 2.75) is 11.1 Å². The minimum absolute atomic E-state index is 0.0246. The van der Waals surface area contributed by atoms with E-state index in [0.717, 1.165) is 22.9 Å². The Morgan fingerprint density at radius 2 is 1.64 bits per heavy atom. The fourth-order valence-electron chi connectivity index (χ4n) is 3.06. The van der Waals surface area contributed by atoms with Gasteiger partial charge in [0, 0.05) is 11.3 Å². The molecular weight excluding hydrogens is 501 g/mol. The van der Waals surface area contributed by atoms with E-state index >= 15 is 0 Å². The Balaban J connectivity index is 1.43. The molecule has 0 saturated carbocycles. The number of hydrazine groups is 1. The monoisotopic (exact) mass is 518 g/mol. The molecule has 0 atom stereocenters. The number of hydrogen-bond donors (Lipinski definition) is 4. The van der Waals surface area contributed by atoms with Crippen LogP contribution in [0.2, 0.25) is 0 Å². The molecule has 0 spiro atoms. The topological polar surface area (TPSA) is 138 Å². The van der Waals surface area contributed by atoms with Crippen molar-refractivity contribution in [3.63, 3.8) is 0 Å². The number of nitrogens with one attached hydrogen (secondary N) is 4. The fourth-order valence-corrected chi connectivity index (χ4v) is 3.92. The molecule has 1 amide bonds. The molecule has 0 unspecified atom stereocenters. The van der Waals surface area contributed by atoms with Crippen LogP contribution < -0.4 is 21.3 Å². The van der Waals surface area contributed by atoms with Crippen LogP contribution in [0.5, 0.6) is 0 Å². The van der Waals surface area contributed by atoms with Crippen molar-refractivity contribution >= 4 is 27.6 Å². The Labute approximate surface area is 201 Å². The van der Waals surface area contributed by atoms with Gasteiger partial charge in [-0.05, 0) is 54.6 Å². The molecule has 0 aliphatic carbocycles. The Morgan fingerprint density at radius 1 is 0.944 bits per heavy atom. The summed E-state index contributed by atoms with van der Waals surface area (Å²) in [5, 5.41) is 6.73. The lowest BCUT2D eigenvalue weighted by Crippen LogP contribution is -2.41. The van der Waals surface area contributed by atoms with Crippen molar-refractivity contribution in [2.24, 2.45) is 0 Å². The number of H-pyrrole nitrogens is 1. The first-order chi connectivity index (χ1) is 17.0. The van der Waals surface area contributed by atoms with Gasteiger partial charge < -0.3 is 5.32 Å². The number of aromatic amines is 1. The number of anilines is 2. The number of carbonyl (C=O) groups excluding carboxylic acids is 1. The molecule has 1 heterocycles. The van der Waals surface area contributed by atoms with E-state index in [0.29, 0.717) is 5.69 Å². The number of rotatable bonds is 7. The zero-order valence-corrected chi connectivity index (χ0v) is 18.9. The molecule has 0 saturated heterocycles. The molecule has 0 radical (unpaired) electrons. The van der Waals surface area contributed by atoms with Gasteiger partial charge in [-0.3, -0.25) is 15.2 Å². The van der Waals surface area contributed by atoms with Gasteiger partial charge in [0.05, 0.1) is 16.1 Å². The summed E-state index contributed by atoms with van der Waals surface area (Å²) in [5.41, 5.74) is 0.854. The highest BCUT2D eigenvalue weighted by Gasteiger charge is 2.30.